The van der Waals surface area contributed by atoms with Crippen molar-refractivity contribution in [1.29, 1.82) is 0 Å². The number of thiazole rings is 1. The number of carbonyl (C=O) groups excluding carboxylic acids is 1. The Labute approximate surface area is 174 Å². The number of halogens is 2. The van der Waals surface area contributed by atoms with Gasteiger partial charge in [-0.1, -0.05) is 38.9 Å². The Morgan fingerprint density at radius 3 is 2.74 bits per heavy atom. The van der Waals surface area contributed by atoms with Crippen molar-refractivity contribution in [3.8, 4) is 0 Å². The molecule has 0 spiro atoms. The topological polar surface area (TPSA) is 101 Å². The summed E-state index contributed by atoms with van der Waals surface area (Å²) in [7, 11) is -4.01. The van der Waals surface area contributed by atoms with Crippen molar-refractivity contribution in [2.45, 2.75) is 11.8 Å². The summed E-state index contributed by atoms with van der Waals surface area (Å²) in [4.78, 5) is 21.1. The molecular formula is C15H16BrClN4O4S2. The quantitative estimate of drug-likeness (QED) is 0.618. The number of carbonyl (C=O) groups is 1. The van der Waals surface area contributed by atoms with Gasteiger partial charge in [0, 0.05) is 17.6 Å². The fraction of sp³-hybridized carbons (Fsp3) is 0.333. The number of hydrogen-bond acceptors (Lipinski definition) is 7. The molecule has 2 heterocycles. The molecule has 27 heavy (non-hydrogen) atoms. The van der Waals surface area contributed by atoms with Crippen LogP contribution in [0.2, 0.25) is 5.02 Å². The molecule has 12 heteroatoms. The van der Waals surface area contributed by atoms with Crippen molar-refractivity contribution in [2.24, 2.45) is 0 Å². The highest BCUT2D eigenvalue weighted by Gasteiger charge is 2.23. The Morgan fingerprint density at radius 2 is 2.07 bits per heavy atom. The van der Waals surface area contributed by atoms with Gasteiger partial charge in [-0.2, -0.15) is 0 Å². The molecule has 0 radical (unpaired) electrons. The smallest absolute Gasteiger partial charge is 0.278 e. The van der Waals surface area contributed by atoms with Crippen LogP contribution in [0.3, 0.4) is 0 Å². The van der Waals surface area contributed by atoms with E-state index in [-0.39, 0.29) is 9.92 Å². The highest BCUT2D eigenvalue weighted by atomic mass is 79.9. The summed E-state index contributed by atoms with van der Waals surface area (Å²) in [6.07, 6.45) is 0. The van der Waals surface area contributed by atoms with Crippen molar-refractivity contribution in [3.63, 3.8) is 0 Å². The number of hydrazine groups is 1. The van der Waals surface area contributed by atoms with Gasteiger partial charge in [0.25, 0.3) is 15.9 Å². The summed E-state index contributed by atoms with van der Waals surface area (Å²) in [5, 5.41) is 0.745. The van der Waals surface area contributed by atoms with Crippen LogP contribution in [-0.4, -0.2) is 45.6 Å². The van der Waals surface area contributed by atoms with E-state index in [0.29, 0.717) is 46.5 Å². The summed E-state index contributed by atoms with van der Waals surface area (Å²) in [5.74, 6) is -0.582. The number of nitrogens with zero attached hydrogens (tertiary/aromatic N) is 2. The monoisotopic (exact) mass is 494 g/mol. The van der Waals surface area contributed by atoms with E-state index in [1.165, 1.54) is 23.5 Å². The molecule has 1 amide bonds. The van der Waals surface area contributed by atoms with E-state index in [1.54, 1.807) is 13.0 Å². The molecule has 8 nitrogen and oxygen atoms in total. The van der Waals surface area contributed by atoms with Gasteiger partial charge in [0.15, 0.2) is 5.13 Å². The number of nitrogens with one attached hydrogen (secondary N) is 2. The third-order valence-electron chi connectivity index (χ3n) is 3.76. The highest BCUT2D eigenvalue weighted by molar-refractivity contribution is 9.10. The first-order valence-electron chi connectivity index (χ1n) is 7.85. The maximum Gasteiger partial charge on any atom is 0.278 e. The van der Waals surface area contributed by atoms with Crippen LogP contribution in [0.25, 0.3) is 0 Å². The molecule has 1 fully saturated rings. The number of benzene rings is 1. The molecule has 146 valence electrons. The maximum absolute atomic E-state index is 12.4. The number of aromatic nitrogens is 1. The second-order valence-corrected chi connectivity index (χ2v) is 9.60. The first kappa shape index (κ1) is 20.5. The van der Waals surface area contributed by atoms with Gasteiger partial charge in [-0.3, -0.25) is 10.2 Å². The molecule has 1 aromatic heterocycles. The van der Waals surface area contributed by atoms with Crippen molar-refractivity contribution in [1.82, 2.24) is 15.2 Å². The zero-order chi connectivity index (χ0) is 19.6. The molecule has 1 aliphatic heterocycles. The molecule has 3 rings (SSSR count). The van der Waals surface area contributed by atoms with E-state index in [1.807, 2.05) is 4.90 Å². The summed E-state index contributed by atoms with van der Waals surface area (Å²) in [5.41, 5.74) is 2.74. The third-order valence-corrected chi connectivity index (χ3v) is 7.20. The van der Waals surface area contributed by atoms with Crippen molar-refractivity contribution in [2.75, 3.05) is 31.2 Å². The lowest BCUT2D eigenvalue weighted by Crippen LogP contribution is -2.41. The second-order valence-electron chi connectivity index (χ2n) is 5.64. The van der Waals surface area contributed by atoms with E-state index < -0.39 is 15.9 Å². The van der Waals surface area contributed by atoms with Crippen LogP contribution >= 0.6 is 38.9 Å². The Morgan fingerprint density at radius 1 is 1.37 bits per heavy atom. The van der Waals surface area contributed by atoms with Crippen LogP contribution in [0.1, 0.15) is 15.4 Å². The number of amides is 1. The molecule has 2 N–H and O–H groups in total. The lowest BCUT2D eigenvalue weighted by Gasteiger charge is -2.25. The summed E-state index contributed by atoms with van der Waals surface area (Å²) >= 11 is 10.4. The van der Waals surface area contributed by atoms with Gasteiger partial charge in [-0.05, 0) is 25.1 Å². The highest BCUT2D eigenvalue weighted by Crippen LogP contribution is 2.27. The number of aryl methyl sites for hydroxylation is 1. The summed E-state index contributed by atoms with van der Waals surface area (Å²) < 4.78 is 30.7. The first-order valence-corrected chi connectivity index (χ1v) is 11.3. The Bertz CT molecular complexity index is 961. The Balaban J connectivity index is 1.71. The molecule has 1 aromatic carbocycles. The van der Waals surface area contributed by atoms with Gasteiger partial charge in [-0.15, -0.1) is 4.83 Å². The van der Waals surface area contributed by atoms with Crippen LogP contribution in [0.15, 0.2) is 27.6 Å². The maximum atomic E-state index is 12.4. The Kier molecular flexibility index (Phi) is 6.39. The molecule has 0 atom stereocenters. The van der Waals surface area contributed by atoms with E-state index in [2.05, 4.69) is 31.2 Å². The fourth-order valence-corrected chi connectivity index (χ4v) is 5.29. The average Bonchev–Trinajstić information content (AvgIpc) is 3.02. The molecule has 2 aromatic rings. The van der Waals surface area contributed by atoms with Gasteiger partial charge < -0.3 is 9.64 Å². The predicted molar refractivity (Wildman–Crippen MR) is 107 cm³/mol. The number of anilines is 1. The zero-order valence-corrected chi connectivity index (χ0v) is 18.1. The number of morpholine rings is 1. The van der Waals surface area contributed by atoms with Crippen LogP contribution in [-0.2, 0) is 14.8 Å². The standard InChI is InChI=1S/C15H16BrClN4O4S2/c1-9-13(26-15(18-9)21-4-6-25-7-5-21)14(22)19-20-27(23,24)12-3-2-10(16)8-11(12)17/h2-3,8,20H,4-7H2,1H3,(H,19,22). The SMILES string of the molecule is Cc1nc(N2CCOCC2)sc1C(=O)NNS(=O)(=O)c1ccc(Br)cc1Cl. The van der Waals surface area contributed by atoms with E-state index >= 15 is 0 Å². The van der Waals surface area contributed by atoms with E-state index in [0.717, 1.165) is 0 Å². The third kappa shape index (κ3) is 4.79. The van der Waals surface area contributed by atoms with E-state index in [9.17, 15) is 13.2 Å². The number of hydrogen-bond donors (Lipinski definition) is 2. The lowest BCUT2D eigenvalue weighted by atomic mass is 10.4. The predicted octanol–water partition coefficient (Wildman–Crippen LogP) is 2.33. The zero-order valence-electron chi connectivity index (χ0n) is 14.2. The van der Waals surface area contributed by atoms with Gasteiger partial charge in [-0.25, -0.2) is 13.4 Å². The van der Waals surface area contributed by atoms with Crippen molar-refractivity contribution >= 4 is 59.9 Å². The van der Waals surface area contributed by atoms with Gasteiger partial charge in [0.2, 0.25) is 0 Å². The lowest BCUT2D eigenvalue weighted by molar-refractivity contribution is 0.0948. The van der Waals surface area contributed by atoms with E-state index in [4.69, 9.17) is 16.3 Å². The molecular weight excluding hydrogens is 480 g/mol. The van der Waals surface area contributed by atoms with Gasteiger partial charge in [0.05, 0.1) is 23.9 Å². The van der Waals surface area contributed by atoms with Crippen molar-refractivity contribution in [3.05, 3.63) is 38.3 Å². The minimum absolute atomic E-state index is 0.0368. The van der Waals surface area contributed by atoms with Crippen LogP contribution < -0.4 is 15.2 Å². The Hall–Kier alpha value is -1.24. The molecule has 0 aliphatic carbocycles. The molecule has 0 unspecified atom stereocenters. The minimum atomic E-state index is -4.01. The van der Waals surface area contributed by atoms with Crippen LogP contribution in [0.5, 0.6) is 0 Å². The van der Waals surface area contributed by atoms with Crippen LogP contribution in [0.4, 0.5) is 5.13 Å². The summed E-state index contributed by atoms with van der Waals surface area (Å²) in [6.45, 7) is 4.31. The minimum Gasteiger partial charge on any atom is -0.378 e. The van der Waals surface area contributed by atoms with Gasteiger partial charge >= 0.3 is 0 Å². The normalized spacial score (nSPS) is 15.0. The fourth-order valence-electron chi connectivity index (χ4n) is 2.40. The summed E-state index contributed by atoms with van der Waals surface area (Å²) in [6, 6.07) is 4.35. The second kappa shape index (κ2) is 8.41. The number of ether oxygens (including phenoxy) is 1. The molecule has 0 bridgehead atoms. The van der Waals surface area contributed by atoms with Crippen LogP contribution in [0, 0.1) is 6.92 Å². The number of rotatable bonds is 5. The molecule has 1 aliphatic rings. The largest absolute Gasteiger partial charge is 0.378 e. The van der Waals surface area contributed by atoms with Gasteiger partial charge in [0.1, 0.15) is 9.77 Å². The molecule has 1 saturated heterocycles. The first-order chi connectivity index (χ1) is 12.8. The van der Waals surface area contributed by atoms with Crippen molar-refractivity contribution < 1.29 is 17.9 Å². The molecule has 0 saturated carbocycles. The average molecular weight is 496 g/mol. The number of sulfonamides is 1.